The van der Waals surface area contributed by atoms with Gasteiger partial charge in [0.05, 0.1) is 0 Å². The Balaban J connectivity index is 2.36. The van der Waals surface area contributed by atoms with Gasteiger partial charge in [-0.3, -0.25) is 4.79 Å². The van der Waals surface area contributed by atoms with Crippen LogP contribution in [0.3, 0.4) is 0 Å². The van der Waals surface area contributed by atoms with E-state index in [4.69, 9.17) is 0 Å². The third-order valence-electron chi connectivity index (χ3n) is 2.92. The minimum Gasteiger partial charge on any atom is -0.315 e. The molecule has 1 aliphatic heterocycles. The fraction of sp³-hybridized carbons (Fsp3) is 0.545. The van der Waals surface area contributed by atoms with Crippen molar-refractivity contribution in [3.63, 3.8) is 0 Å². The standard InChI is InChI=1S/C11H15NO/c1-8-7-9-5-3-4-6-10(9)12(2)11(8)13/h4,6,8H,3,5,7H2,1-2H3. The van der Waals surface area contributed by atoms with E-state index in [1.165, 1.54) is 5.57 Å². The number of carbonyl (C=O) groups excluding carboxylic acids is 1. The van der Waals surface area contributed by atoms with Gasteiger partial charge in [-0.1, -0.05) is 13.0 Å². The molecule has 0 fully saturated rings. The predicted molar refractivity (Wildman–Crippen MR) is 52.0 cm³/mol. The van der Waals surface area contributed by atoms with Crippen molar-refractivity contribution in [1.29, 1.82) is 0 Å². The Morgan fingerprint density at radius 3 is 3.08 bits per heavy atom. The lowest BCUT2D eigenvalue weighted by Crippen LogP contribution is -2.36. The zero-order chi connectivity index (χ0) is 9.42. The van der Waals surface area contributed by atoms with Gasteiger partial charge < -0.3 is 4.90 Å². The highest BCUT2D eigenvalue weighted by atomic mass is 16.2. The van der Waals surface area contributed by atoms with Gasteiger partial charge in [-0.25, -0.2) is 0 Å². The first kappa shape index (κ1) is 8.54. The maximum absolute atomic E-state index is 11.6. The highest BCUT2D eigenvalue weighted by Gasteiger charge is 2.28. The summed E-state index contributed by atoms with van der Waals surface area (Å²) in [6, 6.07) is 0. The Hall–Kier alpha value is -1.05. The molecule has 0 radical (unpaired) electrons. The third-order valence-corrected chi connectivity index (χ3v) is 2.92. The predicted octanol–water partition coefficient (Wildman–Crippen LogP) is 2.09. The second-order valence-corrected chi connectivity index (χ2v) is 3.93. The van der Waals surface area contributed by atoms with E-state index in [-0.39, 0.29) is 11.8 Å². The molecule has 0 N–H and O–H groups in total. The van der Waals surface area contributed by atoms with E-state index in [9.17, 15) is 4.79 Å². The van der Waals surface area contributed by atoms with E-state index in [1.807, 2.05) is 14.0 Å². The van der Waals surface area contributed by atoms with Crippen LogP contribution in [0.5, 0.6) is 0 Å². The molecule has 0 aromatic rings. The molecule has 0 spiro atoms. The largest absolute Gasteiger partial charge is 0.315 e. The van der Waals surface area contributed by atoms with Crippen LogP contribution >= 0.6 is 0 Å². The molecular weight excluding hydrogens is 162 g/mol. The molecule has 2 heteroatoms. The maximum Gasteiger partial charge on any atom is 0.229 e. The lowest BCUT2D eigenvalue weighted by molar-refractivity contribution is -0.132. The van der Waals surface area contributed by atoms with Crippen molar-refractivity contribution >= 4 is 5.91 Å². The molecule has 1 amide bonds. The summed E-state index contributed by atoms with van der Waals surface area (Å²) < 4.78 is 0. The Morgan fingerprint density at radius 1 is 1.54 bits per heavy atom. The van der Waals surface area contributed by atoms with Gasteiger partial charge in [-0.15, -0.1) is 0 Å². The first-order chi connectivity index (χ1) is 6.20. The molecule has 2 rings (SSSR count). The normalized spacial score (nSPS) is 28.0. The zero-order valence-electron chi connectivity index (χ0n) is 8.21. The van der Waals surface area contributed by atoms with Crippen LogP contribution in [0.2, 0.25) is 0 Å². The molecule has 0 saturated heterocycles. The second-order valence-electron chi connectivity index (χ2n) is 3.93. The molecule has 2 nitrogen and oxygen atoms in total. The van der Waals surface area contributed by atoms with Gasteiger partial charge in [-0.05, 0) is 30.9 Å². The summed E-state index contributed by atoms with van der Waals surface area (Å²) in [7, 11) is 1.88. The highest BCUT2D eigenvalue weighted by Crippen LogP contribution is 2.32. The molecule has 0 saturated carbocycles. The van der Waals surface area contributed by atoms with Crippen LogP contribution < -0.4 is 0 Å². The molecule has 0 aromatic carbocycles. The number of nitrogens with zero attached hydrogens (tertiary/aromatic N) is 1. The van der Waals surface area contributed by atoms with Crippen LogP contribution in [0.15, 0.2) is 23.4 Å². The number of carbonyl (C=O) groups is 1. The van der Waals surface area contributed by atoms with Crippen molar-refractivity contribution < 1.29 is 4.79 Å². The van der Waals surface area contributed by atoms with Gasteiger partial charge in [0, 0.05) is 18.7 Å². The quantitative estimate of drug-likeness (QED) is 0.555. The summed E-state index contributed by atoms with van der Waals surface area (Å²) in [5.74, 6) is 0.431. The minimum absolute atomic E-state index is 0.176. The molecule has 1 heterocycles. The average molecular weight is 177 g/mol. The third kappa shape index (κ3) is 1.30. The summed E-state index contributed by atoms with van der Waals surface area (Å²) in [5, 5.41) is 0. The van der Waals surface area contributed by atoms with Gasteiger partial charge >= 0.3 is 0 Å². The van der Waals surface area contributed by atoms with Gasteiger partial charge in [0.15, 0.2) is 0 Å². The summed E-state index contributed by atoms with van der Waals surface area (Å²) in [6.45, 7) is 2.01. The van der Waals surface area contributed by atoms with Crippen molar-refractivity contribution in [1.82, 2.24) is 4.90 Å². The summed E-state index contributed by atoms with van der Waals surface area (Å²) >= 11 is 0. The van der Waals surface area contributed by atoms with Crippen LogP contribution in [0.1, 0.15) is 26.2 Å². The summed E-state index contributed by atoms with van der Waals surface area (Å²) in [6.07, 6.45) is 7.46. The molecule has 1 unspecified atom stereocenters. The van der Waals surface area contributed by atoms with Gasteiger partial charge in [-0.2, -0.15) is 0 Å². The molecule has 13 heavy (non-hydrogen) atoms. The van der Waals surface area contributed by atoms with Crippen LogP contribution in [-0.4, -0.2) is 17.9 Å². The van der Waals surface area contributed by atoms with E-state index >= 15 is 0 Å². The molecule has 1 atom stereocenters. The Morgan fingerprint density at radius 2 is 2.31 bits per heavy atom. The first-order valence-electron chi connectivity index (χ1n) is 4.86. The highest BCUT2D eigenvalue weighted by molar-refractivity contribution is 5.82. The number of hydrogen-bond donors (Lipinski definition) is 0. The van der Waals surface area contributed by atoms with Crippen molar-refractivity contribution in [2.45, 2.75) is 26.2 Å². The van der Waals surface area contributed by atoms with Crippen molar-refractivity contribution in [3.8, 4) is 0 Å². The van der Waals surface area contributed by atoms with E-state index in [1.54, 1.807) is 4.90 Å². The number of allylic oxidation sites excluding steroid dienone is 3. The molecule has 0 aromatic heterocycles. The van der Waals surface area contributed by atoms with E-state index in [0.29, 0.717) is 0 Å². The second kappa shape index (κ2) is 3.02. The number of rotatable bonds is 0. The number of amides is 1. The molecule has 2 aliphatic rings. The van der Waals surface area contributed by atoms with E-state index < -0.39 is 0 Å². The summed E-state index contributed by atoms with van der Waals surface area (Å²) in [5.41, 5.74) is 2.60. The lowest BCUT2D eigenvalue weighted by atomic mass is 9.88. The molecular formula is C11H15NO. The summed E-state index contributed by atoms with van der Waals surface area (Å²) in [4.78, 5) is 13.4. The van der Waals surface area contributed by atoms with Crippen molar-refractivity contribution in [2.24, 2.45) is 5.92 Å². The Labute approximate surface area is 78.9 Å². The Bertz CT molecular complexity index is 301. The first-order valence-corrected chi connectivity index (χ1v) is 4.86. The molecule has 70 valence electrons. The SMILES string of the molecule is CC1CC2=C(C=CCC2)N(C)C1=O. The van der Waals surface area contributed by atoms with Gasteiger partial charge in [0.1, 0.15) is 0 Å². The molecule has 1 aliphatic carbocycles. The zero-order valence-corrected chi connectivity index (χ0v) is 8.21. The monoisotopic (exact) mass is 177 g/mol. The molecule has 0 bridgehead atoms. The lowest BCUT2D eigenvalue weighted by Gasteiger charge is -2.32. The van der Waals surface area contributed by atoms with E-state index in [2.05, 4.69) is 12.2 Å². The van der Waals surface area contributed by atoms with Gasteiger partial charge in [0.2, 0.25) is 5.91 Å². The van der Waals surface area contributed by atoms with Gasteiger partial charge in [0.25, 0.3) is 0 Å². The van der Waals surface area contributed by atoms with Crippen molar-refractivity contribution in [3.05, 3.63) is 23.4 Å². The minimum atomic E-state index is 0.176. The average Bonchev–Trinajstić information content (AvgIpc) is 2.15. The smallest absolute Gasteiger partial charge is 0.229 e. The van der Waals surface area contributed by atoms with Crippen LogP contribution in [0.25, 0.3) is 0 Å². The number of likely N-dealkylation sites (N-methyl/N-ethyl adjacent to an activating group) is 1. The van der Waals surface area contributed by atoms with Crippen LogP contribution in [0.4, 0.5) is 0 Å². The fourth-order valence-electron chi connectivity index (χ4n) is 2.16. The number of hydrogen-bond acceptors (Lipinski definition) is 1. The van der Waals surface area contributed by atoms with E-state index in [0.717, 1.165) is 25.0 Å². The van der Waals surface area contributed by atoms with Crippen molar-refractivity contribution in [2.75, 3.05) is 7.05 Å². The maximum atomic E-state index is 11.6. The topological polar surface area (TPSA) is 20.3 Å². The van der Waals surface area contributed by atoms with Crippen LogP contribution in [-0.2, 0) is 4.79 Å². The fourth-order valence-corrected chi connectivity index (χ4v) is 2.16. The Kier molecular flexibility index (Phi) is 1.98. The van der Waals surface area contributed by atoms with Crippen LogP contribution in [0, 0.1) is 5.92 Å².